The van der Waals surface area contributed by atoms with E-state index < -0.39 is 0 Å². The number of nitrogens with zero attached hydrogens (tertiary/aromatic N) is 3. The van der Waals surface area contributed by atoms with Gasteiger partial charge in [-0.2, -0.15) is 0 Å². The van der Waals surface area contributed by atoms with Crippen LogP contribution in [0, 0.1) is 13.8 Å². The van der Waals surface area contributed by atoms with Gasteiger partial charge in [0.15, 0.2) is 10.9 Å². The number of rotatable bonds is 7. The van der Waals surface area contributed by atoms with Gasteiger partial charge in [0.05, 0.1) is 6.61 Å². The molecule has 0 saturated carbocycles. The van der Waals surface area contributed by atoms with Gasteiger partial charge in [0.2, 0.25) is 0 Å². The van der Waals surface area contributed by atoms with Crippen LogP contribution >= 0.6 is 11.8 Å². The Hall–Kier alpha value is -2.60. The topological polar surface area (TPSA) is 57.0 Å². The van der Waals surface area contributed by atoms with Crippen molar-refractivity contribution in [1.82, 2.24) is 14.8 Å². The molecule has 0 aliphatic heterocycles. The number of carbonyl (C=O) groups is 1. The number of ether oxygens (including phenoxy) is 1. The highest BCUT2D eigenvalue weighted by Gasteiger charge is 2.14. The Morgan fingerprint density at radius 3 is 2.52 bits per heavy atom. The summed E-state index contributed by atoms with van der Waals surface area (Å²) in [6, 6.07) is 13.9. The van der Waals surface area contributed by atoms with Crippen LogP contribution in [-0.4, -0.2) is 27.2 Å². The fraction of sp³-hybridized carbons (Fsp3) is 0.286. The van der Waals surface area contributed by atoms with Crippen LogP contribution in [0.1, 0.15) is 41.2 Å². The smallest absolute Gasteiger partial charge is 0.196 e. The molecule has 0 saturated heterocycles. The minimum absolute atomic E-state index is 0.0444. The standard InChI is InChI=1S/C21H23N3O2S/c1-5-26-20-11-8-17(15(3)25)12-18(20)13-27-21-23-22-16(4)24(21)19-9-6-14(2)7-10-19/h6-12H,5,13H2,1-4H3. The largest absolute Gasteiger partial charge is 0.494 e. The van der Waals surface area contributed by atoms with E-state index in [1.807, 2.05) is 30.5 Å². The fourth-order valence-corrected chi connectivity index (χ4v) is 3.75. The summed E-state index contributed by atoms with van der Waals surface area (Å²) in [7, 11) is 0. The Morgan fingerprint density at radius 1 is 1.11 bits per heavy atom. The second kappa shape index (κ2) is 8.39. The summed E-state index contributed by atoms with van der Waals surface area (Å²) < 4.78 is 7.77. The van der Waals surface area contributed by atoms with E-state index in [-0.39, 0.29) is 5.78 Å². The van der Waals surface area contributed by atoms with Crippen LogP contribution in [-0.2, 0) is 5.75 Å². The molecule has 0 aliphatic rings. The van der Waals surface area contributed by atoms with Crippen molar-refractivity contribution in [1.29, 1.82) is 0 Å². The normalized spacial score (nSPS) is 10.8. The quantitative estimate of drug-likeness (QED) is 0.435. The Balaban J connectivity index is 1.88. The van der Waals surface area contributed by atoms with E-state index >= 15 is 0 Å². The van der Waals surface area contributed by atoms with Crippen molar-refractivity contribution in [3.05, 3.63) is 65.0 Å². The first kappa shape index (κ1) is 19.2. The van der Waals surface area contributed by atoms with Crippen LogP contribution in [0.25, 0.3) is 5.69 Å². The number of Topliss-reactive ketones (excluding diaryl/α,β-unsaturated/α-hetero) is 1. The zero-order chi connectivity index (χ0) is 19.4. The van der Waals surface area contributed by atoms with Crippen molar-refractivity contribution < 1.29 is 9.53 Å². The van der Waals surface area contributed by atoms with Crippen LogP contribution in [0.15, 0.2) is 47.6 Å². The first-order valence-corrected chi connectivity index (χ1v) is 9.86. The number of carbonyl (C=O) groups excluding carboxylic acids is 1. The van der Waals surface area contributed by atoms with Gasteiger partial charge in [-0.15, -0.1) is 10.2 Å². The maximum atomic E-state index is 11.7. The third kappa shape index (κ3) is 4.39. The number of aromatic nitrogens is 3. The second-order valence-electron chi connectivity index (χ2n) is 6.30. The van der Waals surface area contributed by atoms with Gasteiger partial charge in [-0.3, -0.25) is 9.36 Å². The monoisotopic (exact) mass is 381 g/mol. The van der Waals surface area contributed by atoms with Crippen molar-refractivity contribution in [2.45, 2.75) is 38.6 Å². The van der Waals surface area contributed by atoms with Gasteiger partial charge >= 0.3 is 0 Å². The van der Waals surface area contributed by atoms with Crippen molar-refractivity contribution in [3.63, 3.8) is 0 Å². The van der Waals surface area contributed by atoms with Gasteiger partial charge in [0.1, 0.15) is 11.6 Å². The SMILES string of the molecule is CCOc1ccc(C(C)=O)cc1CSc1nnc(C)n1-c1ccc(C)cc1. The lowest BCUT2D eigenvalue weighted by molar-refractivity contribution is 0.101. The van der Waals surface area contributed by atoms with Crippen LogP contribution < -0.4 is 4.74 Å². The van der Waals surface area contributed by atoms with Crippen LogP contribution in [0.2, 0.25) is 0 Å². The Kier molecular flexibility index (Phi) is 5.96. The molecule has 0 amide bonds. The molecule has 5 nitrogen and oxygen atoms in total. The van der Waals surface area contributed by atoms with E-state index in [1.54, 1.807) is 24.8 Å². The maximum absolute atomic E-state index is 11.7. The number of hydrogen-bond donors (Lipinski definition) is 0. The van der Waals surface area contributed by atoms with Gasteiger partial charge in [-0.25, -0.2) is 0 Å². The average molecular weight is 382 g/mol. The third-order valence-corrected chi connectivity index (χ3v) is 5.19. The first-order chi connectivity index (χ1) is 13.0. The summed E-state index contributed by atoms with van der Waals surface area (Å²) in [5.74, 6) is 2.32. The molecule has 140 valence electrons. The summed E-state index contributed by atoms with van der Waals surface area (Å²) in [4.78, 5) is 11.7. The molecular weight excluding hydrogens is 358 g/mol. The highest BCUT2D eigenvalue weighted by atomic mass is 32.2. The fourth-order valence-electron chi connectivity index (χ4n) is 2.78. The van der Waals surface area contributed by atoms with E-state index in [9.17, 15) is 4.79 Å². The molecule has 1 heterocycles. The second-order valence-corrected chi connectivity index (χ2v) is 7.24. The molecule has 3 aromatic rings. The molecule has 0 atom stereocenters. The Bertz CT molecular complexity index is 949. The highest BCUT2D eigenvalue weighted by molar-refractivity contribution is 7.98. The first-order valence-electron chi connectivity index (χ1n) is 8.88. The molecule has 27 heavy (non-hydrogen) atoms. The molecule has 0 radical (unpaired) electrons. The maximum Gasteiger partial charge on any atom is 0.196 e. The summed E-state index contributed by atoms with van der Waals surface area (Å²) in [6.07, 6.45) is 0. The number of thioether (sulfide) groups is 1. The van der Waals surface area contributed by atoms with Crippen LogP contribution in [0.4, 0.5) is 0 Å². The number of benzene rings is 2. The summed E-state index contributed by atoms with van der Waals surface area (Å²) in [5.41, 5.74) is 3.91. The summed E-state index contributed by atoms with van der Waals surface area (Å²) in [5, 5.41) is 9.38. The van der Waals surface area contributed by atoms with E-state index in [1.165, 1.54) is 5.56 Å². The molecule has 0 aliphatic carbocycles. The zero-order valence-corrected chi connectivity index (χ0v) is 16.8. The van der Waals surface area contributed by atoms with E-state index in [0.717, 1.165) is 28.0 Å². The minimum Gasteiger partial charge on any atom is -0.494 e. The average Bonchev–Trinajstić information content (AvgIpc) is 3.02. The summed E-state index contributed by atoms with van der Waals surface area (Å²) in [6.45, 7) is 8.11. The summed E-state index contributed by atoms with van der Waals surface area (Å²) >= 11 is 1.58. The van der Waals surface area contributed by atoms with Crippen molar-refractivity contribution >= 4 is 17.5 Å². The molecule has 0 N–H and O–H groups in total. The molecule has 0 bridgehead atoms. The minimum atomic E-state index is 0.0444. The lowest BCUT2D eigenvalue weighted by Crippen LogP contribution is -2.01. The predicted octanol–water partition coefficient (Wildman–Crippen LogP) is 4.78. The molecule has 3 rings (SSSR count). The number of ketones is 1. The molecule has 2 aromatic carbocycles. The molecule has 1 aromatic heterocycles. The van der Waals surface area contributed by atoms with Gasteiger partial charge < -0.3 is 4.74 Å². The third-order valence-electron chi connectivity index (χ3n) is 4.21. The Labute approximate surface area is 163 Å². The lowest BCUT2D eigenvalue weighted by atomic mass is 10.1. The number of aryl methyl sites for hydroxylation is 2. The van der Waals surface area contributed by atoms with E-state index in [2.05, 4.69) is 41.4 Å². The number of hydrogen-bond acceptors (Lipinski definition) is 5. The van der Waals surface area contributed by atoms with Crippen LogP contribution in [0.5, 0.6) is 5.75 Å². The van der Waals surface area contributed by atoms with E-state index in [0.29, 0.717) is 17.9 Å². The predicted molar refractivity (Wildman–Crippen MR) is 108 cm³/mol. The van der Waals surface area contributed by atoms with Crippen LogP contribution in [0.3, 0.4) is 0 Å². The van der Waals surface area contributed by atoms with Crippen molar-refractivity contribution in [2.24, 2.45) is 0 Å². The van der Waals surface area contributed by atoms with Gasteiger partial charge in [-0.05, 0) is 58.0 Å². The van der Waals surface area contributed by atoms with Gasteiger partial charge in [-0.1, -0.05) is 29.5 Å². The van der Waals surface area contributed by atoms with Crippen molar-refractivity contribution in [2.75, 3.05) is 6.61 Å². The lowest BCUT2D eigenvalue weighted by Gasteiger charge is -2.12. The molecule has 0 spiro atoms. The molecule has 0 unspecified atom stereocenters. The Morgan fingerprint density at radius 2 is 1.85 bits per heavy atom. The molecule has 0 fully saturated rings. The van der Waals surface area contributed by atoms with Crippen molar-refractivity contribution in [3.8, 4) is 11.4 Å². The van der Waals surface area contributed by atoms with E-state index in [4.69, 9.17) is 4.74 Å². The zero-order valence-electron chi connectivity index (χ0n) is 16.0. The molecule has 6 heteroatoms. The van der Waals surface area contributed by atoms with Gasteiger partial charge in [0, 0.05) is 22.6 Å². The molecular formula is C21H23N3O2S. The highest BCUT2D eigenvalue weighted by Crippen LogP contribution is 2.30. The van der Waals surface area contributed by atoms with Gasteiger partial charge in [0.25, 0.3) is 0 Å².